The van der Waals surface area contributed by atoms with Crippen LogP contribution in [0.5, 0.6) is 0 Å². The van der Waals surface area contributed by atoms with Crippen molar-refractivity contribution < 1.29 is 4.79 Å². The first-order chi connectivity index (χ1) is 9.06. The van der Waals surface area contributed by atoms with Crippen molar-refractivity contribution in [1.82, 2.24) is 0 Å². The Labute approximate surface area is 114 Å². The van der Waals surface area contributed by atoms with Crippen molar-refractivity contribution in [2.45, 2.75) is 20.8 Å². The van der Waals surface area contributed by atoms with Gasteiger partial charge in [0.15, 0.2) is 5.78 Å². The molecule has 2 aromatic carbocycles. The molecule has 19 heavy (non-hydrogen) atoms. The molecule has 2 nitrogen and oxygen atoms in total. The zero-order valence-electron chi connectivity index (χ0n) is 11.7. The fraction of sp³-hybridized carbons (Fsp3) is 0.235. The fourth-order valence-electron chi connectivity index (χ4n) is 2.08. The van der Waals surface area contributed by atoms with E-state index < -0.39 is 0 Å². The lowest BCUT2D eigenvalue weighted by Gasteiger charge is -2.08. The molecular weight excluding hydrogens is 234 g/mol. The molecule has 0 aromatic heterocycles. The van der Waals surface area contributed by atoms with Gasteiger partial charge in [0.05, 0.1) is 6.54 Å². The molecule has 2 heteroatoms. The Balaban J connectivity index is 2.03. The maximum absolute atomic E-state index is 12.2. The number of carbonyl (C=O) groups is 1. The zero-order chi connectivity index (χ0) is 13.8. The number of benzene rings is 2. The molecule has 0 amide bonds. The topological polar surface area (TPSA) is 29.1 Å². The lowest BCUT2D eigenvalue weighted by molar-refractivity contribution is 0.101. The highest BCUT2D eigenvalue weighted by molar-refractivity contribution is 6.00. The van der Waals surface area contributed by atoms with Crippen LogP contribution in [0.1, 0.15) is 27.0 Å². The SMILES string of the molecule is Cc1ccc(NCC(=O)c2ccc(C)cc2C)cc1. The summed E-state index contributed by atoms with van der Waals surface area (Å²) in [5, 5.41) is 3.16. The summed E-state index contributed by atoms with van der Waals surface area (Å²) in [6, 6.07) is 14.0. The lowest BCUT2D eigenvalue weighted by Crippen LogP contribution is -2.15. The van der Waals surface area contributed by atoms with Crippen molar-refractivity contribution in [3.05, 3.63) is 64.7 Å². The molecule has 0 aliphatic heterocycles. The van der Waals surface area contributed by atoms with Gasteiger partial charge in [0.1, 0.15) is 0 Å². The lowest BCUT2D eigenvalue weighted by atomic mass is 10.0. The van der Waals surface area contributed by atoms with Crippen LogP contribution in [0.15, 0.2) is 42.5 Å². The number of nitrogens with one attached hydrogen (secondary N) is 1. The standard InChI is InChI=1S/C17H19NO/c1-12-4-7-15(8-5-12)18-11-17(19)16-9-6-13(2)10-14(16)3/h4-10,18H,11H2,1-3H3. The number of aryl methyl sites for hydroxylation is 3. The van der Waals surface area contributed by atoms with Gasteiger partial charge in [0.25, 0.3) is 0 Å². The molecule has 0 unspecified atom stereocenters. The van der Waals surface area contributed by atoms with Gasteiger partial charge < -0.3 is 5.32 Å². The average Bonchev–Trinajstić information content (AvgIpc) is 2.37. The number of hydrogen-bond donors (Lipinski definition) is 1. The molecule has 0 saturated carbocycles. The van der Waals surface area contributed by atoms with E-state index in [0.717, 1.165) is 16.8 Å². The Hall–Kier alpha value is -2.09. The van der Waals surface area contributed by atoms with Gasteiger partial charge in [-0.05, 0) is 38.5 Å². The Morgan fingerprint density at radius 1 is 0.947 bits per heavy atom. The third-order valence-electron chi connectivity index (χ3n) is 3.19. The number of hydrogen-bond acceptors (Lipinski definition) is 2. The minimum Gasteiger partial charge on any atom is -0.378 e. The highest BCUT2D eigenvalue weighted by Crippen LogP contribution is 2.13. The van der Waals surface area contributed by atoms with Crippen LogP contribution in [0.4, 0.5) is 5.69 Å². The highest BCUT2D eigenvalue weighted by atomic mass is 16.1. The zero-order valence-corrected chi connectivity index (χ0v) is 11.7. The predicted octanol–water partition coefficient (Wildman–Crippen LogP) is 3.91. The van der Waals surface area contributed by atoms with E-state index in [1.165, 1.54) is 11.1 Å². The van der Waals surface area contributed by atoms with Gasteiger partial charge in [-0.2, -0.15) is 0 Å². The molecule has 2 aromatic rings. The number of rotatable bonds is 4. The van der Waals surface area contributed by atoms with Crippen LogP contribution in [0.25, 0.3) is 0 Å². The first kappa shape index (κ1) is 13.3. The summed E-state index contributed by atoms with van der Waals surface area (Å²) in [7, 11) is 0. The van der Waals surface area contributed by atoms with Crippen LogP contribution in [-0.2, 0) is 0 Å². The molecule has 0 saturated heterocycles. The van der Waals surface area contributed by atoms with Crippen molar-refractivity contribution >= 4 is 11.5 Å². The number of ketones is 1. The summed E-state index contributed by atoms with van der Waals surface area (Å²) < 4.78 is 0. The maximum atomic E-state index is 12.2. The van der Waals surface area contributed by atoms with E-state index >= 15 is 0 Å². The number of Topliss-reactive ketones (excluding diaryl/α,β-unsaturated/α-hetero) is 1. The van der Waals surface area contributed by atoms with E-state index in [0.29, 0.717) is 6.54 Å². The van der Waals surface area contributed by atoms with Crippen LogP contribution in [0.3, 0.4) is 0 Å². The molecule has 0 aliphatic rings. The molecule has 0 aliphatic carbocycles. The normalized spacial score (nSPS) is 10.3. The first-order valence-corrected chi connectivity index (χ1v) is 6.47. The van der Waals surface area contributed by atoms with Gasteiger partial charge in [-0.1, -0.05) is 41.5 Å². The van der Waals surface area contributed by atoms with Crippen molar-refractivity contribution in [3.63, 3.8) is 0 Å². The molecule has 98 valence electrons. The van der Waals surface area contributed by atoms with E-state index in [4.69, 9.17) is 0 Å². The van der Waals surface area contributed by atoms with E-state index in [9.17, 15) is 4.79 Å². The minimum atomic E-state index is 0.123. The first-order valence-electron chi connectivity index (χ1n) is 6.47. The second-order valence-corrected chi connectivity index (χ2v) is 4.96. The van der Waals surface area contributed by atoms with Crippen LogP contribution >= 0.6 is 0 Å². The Bertz CT molecular complexity index is 585. The van der Waals surface area contributed by atoms with Crippen LogP contribution in [0, 0.1) is 20.8 Å². The minimum absolute atomic E-state index is 0.123. The van der Waals surface area contributed by atoms with Gasteiger partial charge >= 0.3 is 0 Å². The molecule has 2 rings (SSSR count). The van der Waals surface area contributed by atoms with E-state index in [2.05, 4.69) is 5.32 Å². The molecular formula is C17H19NO. The summed E-state index contributed by atoms with van der Waals surface area (Å²) in [5.41, 5.74) is 5.21. The smallest absolute Gasteiger partial charge is 0.182 e. The molecule has 0 bridgehead atoms. The number of anilines is 1. The summed E-state index contributed by atoms with van der Waals surface area (Å²) in [6.45, 7) is 6.38. The molecule has 0 fully saturated rings. The van der Waals surface area contributed by atoms with Gasteiger partial charge in [-0.25, -0.2) is 0 Å². The second kappa shape index (κ2) is 5.70. The van der Waals surface area contributed by atoms with Gasteiger partial charge in [-0.3, -0.25) is 4.79 Å². The quantitative estimate of drug-likeness (QED) is 0.837. The Kier molecular flexibility index (Phi) is 4.00. The summed E-state index contributed by atoms with van der Waals surface area (Å²) in [4.78, 5) is 12.2. The third kappa shape index (κ3) is 3.44. The van der Waals surface area contributed by atoms with Gasteiger partial charge in [0, 0.05) is 11.3 Å². The van der Waals surface area contributed by atoms with Crippen molar-refractivity contribution in [1.29, 1.82) is 0 Å². The van der Waals surface area contributed by atoms with Crippen molar-refractivity contribution in [2.75, 3.05) is 11.9 Å². The van der Waals surface area contributed by atoms with Gasteiger partial charge in [0.2, 0.25) is 0 Å². The fourth-order valence-corrected chi connectivity index (χ4v) is 2.08. The molecule has 0 spiro atoms. The van der Waals surface area contributed by atoms with Crippen LogP contribution < -0.4 is 5.32 Å². The van der Waals surface area contributed by atoms with Crippen LogP contribution in [-0.4, -0.2) is 12.3 Å². The Morgan fingerprint density at radius 2 is 1.58 bits per heavy atom. The maximum Gasteiger partial charge on any atom is 0.182 e. The molecule has 0 radical (unpaired) electrons. The molecule has 0 atom stereocenters. The highest BCUT2D eigenvalue weighted by Gasteiger charge is 2.08. The van der Waals surface area contributed by atoms with Crippen LogP contribution in [0.2, 0.25) is 0 Å². The largest absolute Gasteiger partial charge is 0.378 e. The summed E-state index contributed by atoms with van der Waals surface area (Å²) >= 11 is 0. The second-order valence-electron chi connectivity index (χ2n) is 4.96. The van der Waals surface area contributed by atoms with Gasteiger partial charge in [-0.15, -0.1) is 0 Å². The average molecular weight is 253 g/mol. The van der Waals surface area contributed by atoms with E-state index in [1.54, 1.807) is 0 Å². The van der Waals surface area contributed by atoms with E-state index in [1.807, 2.05) is 63.2 Å². The van der Waals surface area contributed by atoms with Crippen molar-refractivity contribution in [3.8, 4) is 0 Å². The van der Waals surface area contributed by atoms with E-state index in [-0.39, 0.29) is 5.78 Å². The van der Waals surface area contributed by atoms with Crippen molar-refractivity contribution in [2.24, 2.45) is 0 Å². The Morgan fingerprint density at radius 3 is 2.21 bits per heavy atom. The number of carbonyl (C=O) groups excluding carboxylic acids is 1. The molecule has 0 heterocycles. The summed E-state index contributed by atoms with van der Waals surface area (Å²) in [5.74, 6) is 0.123. The monoisotopic (exact) mass is 253 g/mol. The molecule has 1 N–H and O–H groups in total. The predicted molar refractivity (Wildman–Crippen MR) is 79.9 cm³/mol. The third-order valence-corrected chi connectivity index (χ3v) is 3.19. The summed E-state index contributed by atoms with van der Waals surface area (Å²) in [6.07, 6.45) is 0.